The fourth-order valence-corrected chi connectivity index (χ4v) is 3.18. The number of halogens is 1. The molecule has 1 heterocycles. The lowest BCUT2D eigenvalue weighted by Gasteiger charge is -2.22. The lowest BCUT2D eigenvalue weighted by Crippen LogP contribution is -2.20. The first-order valence-corrected chi connectivity index (χ1v) is 9.66. The van der Waals surface area contributed by atoms with Crippen molar-refractivity contribution in [3.05, 3.63) is 30.1 Å². The predicted molar refractivity (Wildman–Crippen MR) is 106 cm³/mol. The third kappa shape index (κ3) is 6.71. The molecule has 0 radical (unpaired) electrons. The summed E-state index contributed by atoms with van der Waals surface area (Å²) >= 11 is 0. The second-order valence-corrected chi connectivity index (χ2v) is 8.15. The van der Waals surface area contributed by atoms with E-state index in [0.717, 1.165) is 6.42 Å². The molecule has 28 heavy (non-hydrogen) atoms. The Hall–Kier alpha value is -2.28. The monoisotopic (exact) mass is 391 g/mol. The average Bonchev–Trinajstić information content (AvgIpc) is 3.01. The molecule has 6 nitrogen and oxygen atoms in total. The number of benzene rings is 1. The van der Waals surface area contributed by atoms with Crippen LogP contribution in [0.1, 0.15) is 52.3 Å². The van der Waals surface area contributed by atoms with Gasteiger partial charge in [-0.2, -0.15) is 9.67 Å². The van der Waals surface area contributed by atoms with E-state index in [1.165, 1.54) is 16.8 Å². The lowest BCUT2D eigenvalue weighted by molar-refractivity contribution is 0.0852. The minimum Gasteiger partial charge on any atom is -0.460 e. The lowest BCUT2D eigenvalue weighted by atomic mass is 9.84. The minimum atomic E-state index is -0.403. The molecule has 2 rings (SSSR count). The highest BCUT2D eigenvalue weighted by atomic mass is 19.1. The summed E-state index contributed by atoms with van der Waals surface area (Å²) in [6.07, 6.45) is 1.22. The average molecular weight is 391 g/mol. The Kier molecular flexibility index (Phi) is 7.69. The Labute approximate surface area is 166 Å². The summed E-state index contributed by atoms with van der Waals surface area (Å²) < 4.78 is 25.6. The highest BCUT2D eigenvalue weighted by Gasteiger charge is 2.23. The SMILES string of the molecule is CCOCCOc1nc(-c2cccc(F)c2)n(C(=O)CC(C)CC(C)(C)C)n1. The smallest absolute Gasteiger partial charge is 0.336 e. The number of hydrogen-bond donors (Lipinski definition) is 0. The van der Waals surface area contributed by atoms with Crippen LogP contribution in [-0.4, -0.2) is 40.5 Å². The van der Waals surface area contributed by atoms with Crippen molar-refractivity contribution in [1.82, 2.24) is 14.8 Å². The summed E-state index contributed by atoms with van der Waals surface area (Å²) in [6, 6.07) is 6.02. The number of carbonyl (C=O) groups excluding carboxylic acids is 1. The molecule has 2 aromatic rings. The van der Waals surface area contributed by atoms with Gasteiger partial charge < -0.3 is 9.47 Å². The molecule has 0 aliphatic rings. The van der Waals surface area contributed by atoms with Crippen LogP contribution in [0.25, 0.3) is 11.4 Å². The van der Waals surface area contributed by atoms with Gasteiger partial charge in [0, 0.05) is 18.6 Å². The zero-order valence-electron chi connectivity index (χ0n) is 17.4. The van der Waals surface area contributed by atoms with Crippen molar-refractivity contribution in [3.8, 4) is 17.4 Å². The van der Waals surface area contributed by atoms with Crippen molar-refractivity contribution in [2.45, 2.75) is 47.5 Å². The van der Waals surface area contributed by atoms with E-state index in [1.807, 2.05) is 13.8 Å². The zero-order valence-corrected chi connectivity index (χ0v) is 17.4. The van der Waals surface area contributed by atoms with Gasteiger partial charge in [0.25, 0.3) is 0 Å². The molecule has 154 valence electrons. The number of carbonyl (C=O) groups is 1. The van der Waals surface area contributed by atoms with E-state index in [0.29, 0.717) is 25.2 Å². The van der Waals surface area contributed by atoms with Crippen molar-refractivity contribution in [2.75, 3.05) is 19.8 Å². The maximum atomic E-state index is 13.7. The number of ether oxygens (including phenoxy) is 2. The van der Waals surface area contributed by atoms with E-state index in [-0.39, 0.29) is 35.7 Å². The van der Waals surface area contributed by atoms with Gasteiger partial charge in [-0.1, -0.05) is 39.8 Å². The molecule has 0 amide bonds. The largest absolute Gasteiger partial charge is 0.460 e. The third-order valence-corrected chi connectivity index (χ3v) is 4.05. The standard InChI is InChI=1S/C21H30FN3O3/c1-6-27-10-11-28-20-23-19(16-8-7-9-17(22)13-16)25(24-20)18(26)12-15(2)14-21(3,4)5/h7-9,13,15H,6,10-12,14H2,1-5H3. The van der Waals surface area contributed by atoms with E-state index in [4.69, 9.17) is 9.47 Å². The maximum absolute atomic E-state index is 13.7. The van der Waals surface area contributed by atoms with Gasteiger partial charge in [-0.3, -0.25) is 4.79 Å². The highest BCUT2D eigenvalue weighted by molar-refractivity contribution is 5.82. The number of aromatic nitrogens is 3. The van der Waals surface area contributed by atoms with Crippen molar-refractivity contribution in [1.29, 1.82) is 0 Å². The van der Waals surface area contributed by atoms with Gasteiger partial charge in [0.1, 0.15) is 12.4 Å². The number of rotatable bonds is 9. The highest BCUT2D eigenvalue weighted by Crippen LogP contribution is 2.27. The number of hydrogen-bond acceptors (Lipinski definition) is 5. The summed E-state index contributed by atoms with van der Waals surface area (Å²) in [5, 5.41) is 4.22. The topological polar surface area (TPSA) is 66.2 Å². The second-order valence-electron chi connectivity index (χ2n) is 8.15. The molecular formula is C21H30FN3O3. The van der Waals surface area contributed by atoms with Crippen molar-refractivity contribution in [3.63, 3.8) is 0 Å². The zero-order chi connectivity index (χ0) is 20.7. The van der Waals surface area contributed by atoms with Gasteiger partial charge in [-0.05, 0) is 36.8 Å². The molecule has 7 heteroatoms. The predicted octanol–water partition coefficient (Wildman–Crippen LogP) is 4.60. The third-order valence-electron chi connectivity index (χ3n) is 4.05. The molecule has 1 unspecified atom stereocenters. The van der Waals surface area contributed by atoms with Crippen molar-refractivity contribution in [2.24, 2.45) is 11.3 Å². The van der Waals surface area contributed by atoms with Crippen LogP contribution in [0.3, 0.4) is 0 Å². The first-order chi connectivity index (χ1) is 13.2. The Balaban J connectivity index is 2.24. The van der Waals surface area contributed by atoms with Crippen LogP contribution in [-0.2, 0) is 4.74 Å². The summed E-state index contributed by atoms with van der Waals surface area (Å²) in [5.41, 5.74) is 0.602. The van der Waals surface area contributed by atoms with E-state index < -0.39 is 5.82 Å². The molecule has 0 aliphatic heterocycles. The van der Waals surface area contributed by atoms with Crippen LogP contribution >= 0.6 is 0 Å². The molecule has 1 atom stereocenters. The van der Waals surface area contributed by atoms with Crippen LogP contribution in [0.4, 0.5) is 4.39 Å². The molecule has 0 saturated carbocycles. The molecule has 0 N–H and O–H groups in total. The van der Waals surface area contributed by atoms with Gasteiger partial charge in [0.05, 0.1) is 6.61 Å². The molecule has 1 aromatic carbocycles. The molecule has 0 saturated heterocycles. The molecular weight excluding hydrogens is 361 g/mol. The fourth-order valence-electron chi connectivity index (χ4n) is 3.18. The van der Waals surface area contributed by atoms with E-state index in [1.54, 1.807) is 12.1 Å². The van der Waals surface area contributed by atoms with E-state index in [2.05, 4.69) is 30.9 Å². The summed E-state index contributed by atoms with van der Waals surface area (Å²) in [5.74, 6) is -0.138. The Morgan fingerprint density at radius 2 is 2.04 bits per heavy atom. The summed E-state index contributed by atoms with van der Waals surface area (Å²) in [6.45, 7) is 11.6. The second kappa shape index (κ2) is 9.78. The molecule has 0 bridgehead atoms. The van der Waals surface area contributed by atoms with Crippen molar-refractivity contribution >= 4 is 5.91 Å². The van der Waals surface area contributed by atoms with E-state index in [9.17, 15) is 9.18 Å². The summed E-state index contributed by atoms with van der Waals surface area (Å²) in [4.78, 5) is 17.2. The first kappa shape index (κ1) is 22.0. The van der Waals surface area contributed by atoms with Crippen LogP contribution in [0, 0.1) is 17.2 Å². The molecule has 0 aliphatic carbocycles. The van der Waals surface area contributed by atoms with Crippen LogP contribution in [0.2, 0.25) is 0 Å². The van der Waals surface area contributed by atoms with E-state index >= 15 is 0 Å². The van der Waals surface area contributed by atoms with Crippen molar-refractivity contribution < 1.29 is 18.7 Å². The Morgan fingerprint density at radius 1 is 1.29 bits per heavy atom. The normalized spacial score (nSPS) is 12.8. The van der Waals surface area contributed by atoms with Gasteiger partial charge in [0.15, 0.2) is 5.82 Å². The summed E-state index contributed by atoms with van der Waals surface area (Å²) in [7, 11) is 0. The van der Waals surface area contributed by atoms with Gasteiger partial charge in [-0.25, -0.2) is 4.39 Å². The van der Waals surface area contributed by atoms with Crippen LogP contribution in [0.15, 0.2) is 24.3 Å². The maximum Gasteiger partial charge on any atom is 0.336 e. The van der Waals surface area contributed by atoms with Gasteiger partial charge >= 0.3 is 6.01 Å². The Bertz CT molecular complexity index is 783. The minimum absolute atomic E-state index is 0.0794. The van der Waals surface area contributed by atoms with Crippen LogP contribution < -0.4 is 4.74 Å². The van der Waals surface area contributed by atoms with Gasteiger partial charge in [-0.15, -0.1) is 5.10 Å². The molecule has 0 spiro atoms. The van der Waals surface area contributed by atoms with Gasteiger partial charge in [0.2, 0.25) is 5.91 Å². The Morgan fingerprint density at radius 3 is 2.68 bits per heavy atom. The fraction of sp³-hybridized carbons (Fsp3) is 0.571. The first-order valence-electron chi connectivity index (χ1n) is 9.66. The van der Waals surface area contributed by atoms with Crippen LogP contribution in [0.5, 0.6) is 6.01 Å². The number of nitrogens with zero attached hydrogens (tertiary/aromatic N) is 3. The molecule has 1 aromatic heterocycles. The quantitative estimate of drug-likeness (QED) is 0.584. The molecule has 0 fully saturated rings.